The lowest BCUT2D eigenvalue weighted by Crippen LogP contribution is -2.28. The molecule has 0 heterocycles. The molecule has 0 saturated carbocycles. The number of halogens is 4. The van der Waals surface area contributed by atoms with Crippen LogP contribution in [-0.2, 0) is 9.59 Å². The Labute approximate surface area is 189 Å². The highest BCUT2D eigenvalue weighted by Crippen LogP contribution is 2.23. The van der Waals surface area contributed by atoms with Gasteiger partial charge in [0.15, 0.2) is 0 Å². The summed E-state index contributed by atoms with van der Waals surface area (Å²) in [7, 11) is 0. The van der Waals surface area contributed by atoms with Crippen molar-refractivity contribution < 1.29 is 9.59 Å². The molecule has 0 fully saturated rings. The lowest BCUT2D eigenvalue weighted by molar-refractivity contribution is -0.116. The molecule has 0 radical (unpaired) electrons. The molecule has 0 saturated heterocycles. The minimum Gasteiger partial charge on any atom is -0.352 e. The van der Waals surface area contributed by atoms with Gasteiger partial charge in [0.05, 0.1) is 20.1 Å². The van der Waals surface area contributed by atoms with Gasteiger partial charge in [-0.25, -0.2) is 0 Å². The smallest absolute Gasteiger partial charge is 0.244 e. The third-order valence-electron chi connectivity index (χ3n) is 3.69. The van der Waals surface area contributed by atoms with E-state index < -0.39 is 0 Å². The number of carbonyl (C=O) groups excluding carboxylic acids is 2. The van der Waals surface area contributed by atoms with Crippen LogP contribution in [-0.4, -0.2) is 24.9 Å². The Bertz CT molecular complexity index is 867. The molecular weight excluding hydrogens is 454 g/mol. The number of nitrogens with one attached hydrogen (secondary N) is 2. The minimum atomic E-state index is -0.234. The van der Waals surface area contributed by atoms with Crippen molar-refractivity contribution in [2.75, 3.05) is 13.1 Å². The van der Waals surface area contributed by atoms with Crippen molar-refractivity contribution in [1.82, 2.24) is 10.6 Å². The Morgan fingerprint density at radius 2 is 1.10 bits per heavy atom. The van der Waals surface area contributed by atoms with Crippen molar-refractivity contribution >= 4 is 70.4 Å². The molecule has 0 aliphatic carbocycles. The van der Waals surface area contributed by atoms with Crippen LogP contribution in [0.2, 0.25) is 20.1 Å². The van der Waals surface area contributed by atoms with Gasteiger partial charge in [0.2, 0.25) is 11.8 Å². The number of carbonyl (C=O) groups is 2. The maximum Gasteiger partial charge on any atom is 0.244 e. The molecule has 0 bridgehead atoms. The molecule has 0 unspecified atom stereocenters. The second-order valence-corrected chi connectivity index (χ2v) is 7.58. The monoisotopic (exact) mass is 470 g/mol. The molecule has 0 aliphatic rings. The Kier molecular flexibility index (Phi) is 9.55. The topological polar surface area (TPSA) is 58.2 Å². The van der Waals surface area contributed by atoms with Crippen LogP contribution in [0.25, 0.3) is 12.2 Å². The number of rotatable bonds is 8. The van der Waals surface area contributed by atoms with Gasteiger partial charge in [0, 0.05) is 25.2 Å². The maximum atomic E-state index is 11.8. The standard InChI is InChI=1S/C21H18Cl4N2O2/c22-16-6-2-14(12-18(16)24)4-8-20(28)26-10-1-11-27-21(29)9-5-15-3-7-17(23)19(25)13-15/h2-9,12-13H,1,10-11H2,(H,26,28)(H,27,29). The Balaban J connectivity index is 1.65. The molecule has 2 rings (SSSR count). The summed E-state index contributed by atoms with van der Waals surface area (Å²) in [5, 5.41) is 7.26. The van der Waals surface area contributed by atoms with Crippen LogP contribution in [0.4, 0.5) is 0 Å². The number of hydrogen-bond acceptors (Lipinski definition) is 2. The van der Waals surface area contributed by atoms with E-state index >= 15 is 0 Å². The van der Waals surface area contributed by atoms with Crippen molar-refractivity contribution in [3.63, 3.8) is 0 Å². The summed E-state index contributed by atoms with van der Waals surface area (Å²) in [6, 6.07) is 10.2. The molecular formula is C21H18Cl4N2O2. The minimum absolute atomic E-state index is 0.234. The molecule has 0 aliphatic heterocycles. The fourth-order valence-electron chi connectivity index (χ4n) is 2.21. The number of benzene rings is 2. The second-order valence-electron chi connectivity index (χ2n) is 5.95. The molecule has 0 atom stereocenters. The highest BCUT2D eigenvalue weighted by atomic mass is 35.5. The summed E-state index contributed by atoms with van der Waals surface area (Å²) in [5.74, 6) is -0.469. The van der Waals surface area contributed by atoms with E-state index in [1.54, 1.807) is 48.6 Å². The molecule has 0 spiro atoms. The average molecular weight is 472 g/mol. The van der Waals surface area contributed by atoms with Crippen molar-refractivity contribution in [1.29, 1.82) is 0 Å². The third-order valence-corrected chi connectivity index (χ3v) is 5.17. The van der Waals surface area contributed by atoms with E-state index in [1.165, 1.54) is 12.2 Å². The van der Waals surface area contributed by atoms with Crippen LogP contribution in [0.15, 0.2) is 48.6 Å². The maximum absolute atomic E-state index is 11.8. The predicted molar refractivity (Wildman–Crippen MR) is 122 cm³/mol. The van der Waals surface area contributed by atoms with E-state index in [1.807, 2.05) is 0 Å². The van der Waals surface area contributed by atoms with E-state index in [0.29, 0.717) is 39.6 Å². The van der Waals surface area contributed by atoms with Gasteiger partial charge in [-0.05, 0) is 54.0 Å². The summed E-state index contributed by atoms with van der Waals surface area (Å²) >= 11 is 23.5. The predicted octanol–water partition coefficient (Wildman–Crippen LogP) is 5.65. The molecule has 8 heteroatoms. The highest BCUT2D eigenvalue weighted by molar-refractivity contribution is 6.42. The lowest BCUT2D eigenvalue weighted by atomic mass is 10.2. The normalized spacial score (nSPS) is 11.2. The molecule has 0 aromatic heterocycles. The van der Waals surface area contributed by atoms with E-state index in [4.69, 9.17) is 46.4 Å². The van der Waals surface area contributed by atoms with Gasteiger partial charge in [-0.2, -0.15) is 0 Å². The lowest BCUT2D eigenvalue weighted by Gasteiger charge is -2.04. The first-order valence-corrected chi connectivity index (χ1v) is 10.2. The zero-order chi connectivity index (χ0) is 21.2. The Hall–Kier alpha value is -1.98. The molecule has 29 heavy (non-hydrogen) atoms. The van der Waals surface area contributed by atoms with Crippen LogP contribution in [0, 0.1) is 0 Å². The summed E-state index contributed by atoms with van der Waals surface area (Å²) in [6.07, 6.45) is 6.72. The first-order chi connectivity index (χ1) is 13.8. The first-order valence-electron chi connectivity index (χ1n) is 8.67. The van der Waals surface area contributed by atoms with Gasteiger partial charge >= 0.3 is 0 Å². The largest absolute Gasteiger partial charge is 0.352 e. The summed E-state index contributed by atoms with van der Waals surface area (Å²) in [6.45, 7) is 0.864. The Morgan fingerprint density at radius 1 is 0.690 bits per heavy atom. The number of amides is 2. The van der Waals surface area contributed by atoms with E-state index in [-0.39, 0.29) is 11.8 Å². The SMILES string of the molecule is O=C(C=Cc1ccc(Cl)c(Cl)c1)NCCCNC(=O)C=Cc1ccc(Cl)c(Cl)c1. The molecule has 2 N–H and O–H groups in total. The van der Waals surface area contributed by atoms with E-state index in [0.717, 1.165) is 11.1 Å². The third kappa shape index (κ3) is 8.50. The molecule has 4 nitrogen and oxygen atoms in total. The van der Waals surface area contributed by atoms with Crippen molar-refractivity contribution in [3.05, 3.63) is 79.8 Å². The fourth-order valence-corrected chi connectivity index (χ4v) is 2.82. The van der Waals surface area contributed by atoms with E-state index in [9.17, 15) is 9.59 Å². The molecule has 2 amide bonds. The van der Waals surface area contributed by atoms with Crippen molar-refractivity contribution in [2.24, 2.45) is 0 Å². The van der Waals surface area contributed by atoms with Crippen molar-refractivity contribution in [2.45, 2.75) is 6.42 Å². The molecule has 152 valence electrons. The zero-order valence-electron chi connectivity index (χ0n) is 15.2. The summed E-state index contributed by atoms with van der Waals surface area (Å²) in [5.41, 5.74) is 1.55. The van der Waals surface area contributed by atoms with Crippen LogP contribution >= 0.6 is 46.4 Å². The van der Waals surface area contributed by atoms with Gasteiger partial charge < -0.3 is 10.6 Å². The second kappa shape index (κ2) is 11.9. The van der Waals surface area contributed by atoms with Crippen LogP contribution in [0.1, 0.15) is 17.5 Å². The van der Waals surface area contributed by atoms with Crippen LogP contribution in [0.5, 0.6) is 0 Å². The zero-order valence-corrected chi connectivity index (χ0v) is 18.2. The van der Waals surface area contributed by atoms with Gasteiger partial charge in [0.25, 0.3) is 0 Å². The van der Waals surface area contributed by atoms with Gasteiger partial charge in [-0.1, -0.05) is 58.5 Å². The van der Waals surface area contributed by atoms with Gasteiger partial charge in [0.1, 0.15) is 0 Å². The van der Waals surface area contributed by atoms with Gasteiger partial charge in [-0.3, -0.25) is 9.59 Å². The average Bonchev–Trinajstić information content (AvgIpc) is 2.69. The van der Waals surface area contributed by atoms with Crippen LogP contribution in [0.3, 0.4) is 0 Å². The first kappa shape index (κ1) is 23.3. The number of hydrogen-bond donors (Lipinski definition) is 2. The van der Waals surface area contributed by atoms with E-state index in [2.05, 4.69) is 10.6 Å². The summed E-state index contributed by atoms with van der Waals surface area (Å²) in [4.78, 5) is 23.6. The highest BCUT2D eigenvalue weighted by Gasteiger charge is 2.00. The summed E-state index contributed by atoms with van der Waals surface area (Å²) < 4.78 is 0. The molecule has 2 aromatic rings. The van der Waals surface area contributed by atoms with Crippen LogP contribution < -0.4 is 10.6 Å². The fraction of sp³-hybridized carbons (Fsp3) is 0.143. The van der Waals surface area contributed by atoms with Crippen molar-refractivity contribution in [3.8, 4) is 0 Å². The molecule has 2 aromatic carbocycles. The Morgan fingerprint density at radius 3 is 1.48 bits per heavy atom. The quantitative estimate of drug-likeness (QED) is 0.386. The van der Waals surface area contributed by atoms with Gasteiger partial charge in [-0.15, -0.1) is 0 Å².